The maximum Gasteiger partial charge on any atom is 0.286 e. The molecule has 0 bridgehead atoms. The van der Waals surface area contributed by atoms with E-state index in [0.29, 0.717) is 17.7 Å². The van der Waals surface area contributed by atoms with E-state index in [0.717, 1.165) is 0 Å². The summed E-state index contributed by atoms with van der Waals surface area (Å²) in [6.07, 6.45) is 0. The number of benzene rings is 1. The SMILES string of the molecule is CCOc1cc(C(=O)c2ccccc2)c(N(C(C)=O)C(C)(C)C)o1. The first-order valence-electron chi connectivity index (χ1n) is 7.93. The number of furan rings is 1. The fourth-order valence-corrected chi connectivity index (χ4v) is 2.57. The van der Waals surface area contributed by atoms with Gasteiger partial charge >= 0.3 is 0 Å². The summed E-state index contributed by atoms with van der Waals surface area (Å²) in [5.41, 5.74) is 0.300. The summed E-state index contributed by atoms with van der Waals surface area (Å²) in [7, 11) is 0. The molecule has 1 amide bonds. The van der Waals surface area contributed by atoms with Gasteiger partial charge in [-0.05, 0) is 27.7 Å². The van der Waals surface area contributed by atoms with Gasteiger partial charge in [0, 0.05) is 24.1 Å². The number of carbonyl (C=O) groups excluding carboxylic acids is 2. The van der Waals surface area contributed by atoms with Crippen molar-refractivity contribution in [2.75, 3.05) is 11.5 Å². The zero-order chi connectivity index (χ0) is 17.9. The average molecular weight is 329 g/mol. The highest BCUT2D eigenvalue weighted by atomic mass is 16.6. The average Bonchev–Trinajstić information content (AvgIpc) is 2.89. The molecule has 0 atom stereocenters. The van der Waals surface area contributed by atoms with E-state index < -0.39 is 5.54 Å². The number of hydrogen-bond acceptors (Lipinski definition) is 4. The lowest BCUT2D eigenvalue weighted by atomic mass is 10.0. The predicted octanol–water partition coefficient (Wildman–Crippen LogP) is 4.06. The summed E-state index contributed by atoms with van der Waals surface area (Å²) in [4.78, 5) is 26.5. The highest BCUT2D eigenvalue weighted by Crippen LogP contribution is 2.35. The predicted molar refractivity (Wildman–Crippen MR) is 92.7 cm³/mol. The Hall–Kier alpha value is -2.56. The van der Waals surface area contributed by atoms with Crippen molar-refractivity contribution in [1.82, 2.24) is 0 Å². The number of amides is 1. The number of ether oxygens (including phenoxy) is 1. The third-order valence-corrected chi connectivity index (χ3v) is 3.45. The zero-order valence-corrected chi connectivity index (χ0v) is 14.8. The Morgan fingerprint density at radius 2 is 1.79 bits per heavy atom. The van der Waals surface area contributed by atoms with Crippen LogP contribution in [0.2, 0.25) is 0 Å². The second-order valence-electron chi connectivity index (χ2n) is 6.44. The number of rotatable bonds is 5. The van der Waals surface area contributed by atoms with Gasteiger partial charge in [-0.3, -0.25) is 14.5 Å². The van der Waals surface area contributed by atoms with Gasteiger partial charge in [-0.15, -0.1) is 0 Å². The quantitative estimate of drug-likeness (QED) is 0.776. The molecule has 0 saturated carbocycles. The summed E-state index contributed by atoms with van der Waals surface area (Å²) in [6.45, 7) is 9.33. The van der Waals surface area contributed by atoms with E-state index in [1.807, 2.05) is 33.8 Å². The second kappa shape index (κ2) is 6.91. The van der Waals surface area contributed by atoms with Crippen molar-refractivity contribution in [3.8, 4) is 5.95 Å². The third kappa shape index (κ3) is 3.67. The van der Waals surface area contributed by atoms with E-state index in [1.54, 1.807) is 30.3 Å². The molecule has 128 valence electrons. The Labute approximate surface area is 142 Å². The van der Waals surface area contributed by atoms with Crippen LogP contribution in [0.4, 0.5) is 5.88 Å². The van der Waals surface area contributed by atoms with Gasteiger partial charge in [0.2, 0.25) is 11.8 Å². The smallest absolute Gasteiger partial charge is 0.286 e. The molecule has 5 heteroatoms. The summed E-state index contributed by atoms with van der Waals surface area (Å²) in [5.74, 6) is 0.0207. The second-order valence-corrected chi connectivity index (χ2v) is 6.44. The minimum Gasteiger partial charge on any atom is -0.465 e. The topological polar surface area (TPSA) is 59.8 Å². The van der Waals surface area contributed by atoms with E-state index >= 15 is 0 Å². The molecule has 2 rings (SSSR count). The number of ketones is 1. The third-order valence-electron chi connectivity index (χ3n) is 3.45. The number of nitrogens with zero attached hydrogens (tertiary/aromatic N) is 1. The van der Waals surface area contributed by atoms with Crippen LogP contribution in [0, 0.1) is 0 Å². The molecular weight excluding hydrogens is 306 g/mol. The molecule has 5 nitrogen and oxygen atoms in total. The van der Waals surface area contributed by atoms with E-state index in [2.05, 4.69) is 0 Å². The summed E-state index contributed by atoms with van der Waals surface area (Å²) in [6, 6.07) is 10.4. The standard InChI is InChI=1S/C19H23NO4/c1-6-23-16-12-15(17(22)14-10-8-7-9-11-14)18(24-16)20(13(2)21)19(3,4)5/h7-12H,6H2,1-5H3. The van der Waals surface area contributed by atoms with Gasteiger partial charge in [0.15, 0.2) is 5.78 Å². The van der Waals surface area contributed by atoms with Gasteiger partial charge in [0.25, 0.3) is 5.95 Å². The molecule has 0 aliphatic carbocycles. The summed E-state index contributed by atoms with van der Waals surface area (Å²) in [5, 5.41) is 0. The highest BCUT2D eigenvalue weighted by Gasteiger charge is 2.33. The summed E-state index contributed by atoms with van der Waals surface area (Å²) < 4.78 is 11.1. The molecule has 24 heavy (non-hydrogen) atoms. The normalized spacial score (nSPS) is 11.2. The molecule has 0 saturated heterocycles. The van der Waals surface area contributed by atoms with Crippen LogP contribution in [0.5, 0.6) is 5.95 Å². The van der Waals surface area contributed by atoms with Gasteiger partial charge in [-0.2, -0.15) is 0 Å². The number of anilines is 1. The summed E-state index contributed by atoms with van der Waals surface area (Å²) >= 11 is 0. The van der Waals surface area contributed by atoms with Crippen molar-refractivity contribution >= 4 is 17.6 Å². The van der Waals surface area contributed by atoms with Gasteiger partial charge in [0.05, 0.1) is 12.2 Å². The van der Waals surface area contributed by atoms with Gasteiger partial charge in [0.1, 0.15) is 0 Å². The molecule has 1 aromatic heterocycles. The maximum atomic E-state index is 12.9. The molecule has 1 aromatic carbocycles. The minimum absolute atomic E-state index is 0.206. The van der Waals surface area contributed by atoms with Crippen LogP contribution >= 0.6 is 0 Å². The number of carbonyl (C=O) groups is 2. The van der Waals surface area contributed by atoms with Crippen LogP contribution < -0.4 is 9.64 Å². The van der Waals surface area contributed by atoms with Crippen molar-refractivity contribution in [3.63, 3.8) is 0 Å². The Morgan fingerprint density at radius 3 is 2.29 bits per heavy atom. The highest BCUT2D eigenvalue weighted by molar-refractivity contribution is 6.13. The Balaban J connectivity index is 2.58. The molecule has 0 aliphatic rings. The van der Waals surface area contributed by atoms with Crippen LogP contribution in [0.25, 0.3) is 0 Å². The van der Waals surface area contributed by atoms with Crippen molar-refractivity contribution in [3.05, 3.63) is 47.5 Å². The minimum atomic E-state index is -0.543. The molecule has 2 aromatic rings. The lowest BCUT2D eigenvalue weighted by Gasteiger charge is -2.33. The molecule has 0 fully saturated rings. The Kier molecular flexibility index (Phi) is 5.12. The zero-order valence-electron chi connectivity index (χ0n) is 14.8. The molecule has 0 spiro atoms. The Bertz CT molecular complexity index is 726. The fraction of sp³-hybridized carbons (Fsp3) is 0.368. The lowest BCUT2D eigenvalue weighted by Crippen LogP contribution is -2.45. The first-order valence-corrected chi connectivity index (χ1v) is 7.93. The maximum absolute atomic E-state index is 12.9. The van der Waals surface area contributed by atoms with Crippen molar-refractivity contribution in [1.29, 1.82) is 0 Å². The van der Waals surface area contributed by atoms with E-state index in [4.69, 9.17) is 9.15 Å². The van der Waals surface area contributed by atoms with Gasteiger partial charge in [-0.25, -0.2) is 0 Å². The Morgan fingerprint density at radius 1 is 1.17 bits per heavy atom. The molecule has 1 heterocycles. The van der Waals surface area contributed by atoms with E-state index in [-0.39, 0.29) is 23.5 Å². The molecule has 0 unspecified atom stereocenters. The van der Waals surface area contributed by atoms with Gasteiger partial charge < -0.3 is 9.15 Å². The van der Waals surface area contributed by atoms with Crippen LogP contribution in [-0.2, 0) is 4.79 Å². The van der Waals surface area contributed by atoms with E-state index in [1.165, 1.54) is 11.8 Å². The first kappa shape index (κ1) is 17.8. The van der Waals surface area contributed by atoms with Crippen LogP contribution in [0.1, 0.15) is 50.5 Å². The molecule has 0 N–H and O–H groups in total. The molecule has 0 aliphatic heterocycles. The van der Waals surface area contributed by atoms with Crippen molar-refractivity contribution in [2.45, 2.75) is 40.2 Å². The largest absolute Gasteiger partial charge is 0.465 e. The molecular formula is C19H23NO4. The van der Waals surface area contributed by atoms with Crippen molar-refractivity contribution < 1.29 is 18.7 Å². The first-order chi connectivity index (χ1) is 11.3. The monoisotopic (exact) mass is 329 g/mol. The van der Waals surface area contributed by atoms with Crippen LogP contribution in [0.3, 0.4) is 0 Å². The fourth-order valence-electron chi connectivity index (χ4n) is 2.57. The van der Waals surface area contributed by atoms with Crippen LogP contribution in [0.15, 0.2) is 40.8 Å². The van der Waals surface area contributed by atoms with Crippen LogP contribution in [-0.4, -0.2) is 23.8 Å². The number of hydrogen-bond donors (Lipinski definition) is 0. The lowest BCUT2D eigenvalue weighted by molar-refractivity contribution is -0.117. The van der Waals surface area contributed by atoms with Crippen molar-refractivity contribution in [2.24, 2.45) is 0 Å². The molecule has 0 radical (unpaired) electrons. The van der Waals surface area contributed by atoms with E-state index in [9.17, 15) is 9.59 Å². The van der Waals surface area contributed by atoms with Gasteiger partial charge in [-0.1, -0.05) is 30.3 Å².